The van der Waals surface area contributed by atoms with E-state index in [1.54, 1.807) is 19.1 Å². The molecule has 0 bridgehead atoms. The molecule has 1 aromatic carbocycles. The Kier molecular flexibility index (Phi) is 6.29. The lowest BCUT2D eigenvalue weighted by Crippen LogP contribution is -2.46. The average Bonchev–Trinajstić information content (AvgIpc) is 2.39. The van der Waals surface area contributed by atoms with Gasteiger partial charge in [-0.1, -0.05) is 6.92 Å². The van der Waals surface area contributed by atoms with Crippen LogP contribution < -0.4 is 10.2 Å². The lowest BCUT2D eigenvalue weighted by atomic mass is 10.2. The van der Waals surface area contributed by atoms with Crippen LogP contribution in [-0.2, 0) is 9.53 Å². The van der Waals surface area contributed by atoms with Crippen molar-refractivity contribution in [2.75, 3.05) is 31.6 Å². The molecule has 4 nitrogen and oxygen atoms in total. The molecule has 19 heavy (non-hydrogen) atoms. The molecule has 0 aliphatic heterocycles. The summed E-state index contributed by atoms with van der Waals surface area (Å²) in [5.74, 6) is -0.538. The summed E-state index contributed by atoms with van der Waals surface area (Å²) >= 11 is 0. The molecule has 0 fully saturated rings. The topological polar surface area (TPSA) is 41.6 Å². The van der Waals surface area contributed by atoms with E-state index in [2.05, 4.69) is 5.32 Å². The van der Waals surface area contributed by atoms with Gasteiger partial charge in [0.05, 0.1) is 6.61 Å². The number of hydrogen-bond acceptors (Lipinski definition) is 4. The smallest absolute Gasteiger partial charge is 0.324 e. The number of nitrogens with one attached hydrogen (secondary N) is 1. The first-order valence-electron chi connectivity index (χ1n) is 6.45. The molecule has 5 heteroatoms. The average molecular weight is 268 g/mol. The molecule has 0 saturated heterocycles. The molecule has 0 aliphatic rings. The highest BCUT2D eigenvalue weighted by atomic mass is 19.1. The molecule has 1 atom stereocenters. The minimum atomic E-state index is -0.389. The Balaban J connectivity index is 2.67. The maximum atomic E-state index is 12.9. The Morgan fingerprint density at radius 3 is 2.53 bits per heavy atom. The minimum absolute atomic E-state index is 0.265. The first-order chi connectivity index (χ1) is 9.08. The van der Waals surface area contributed by atoms with Gasteiger partial charge in [0.25, 0.3) is 0 Å². The number of benzene rings is 1. The summed E-state index contributed by atoms with van der Waals surface area (Å²) in [5, 5.41) is 3.09. The fourth-order valence-electron chi connectivity index (χ4n) is 1.79. The van der Waals surface area contributed by atoms with E-state index >= 15 is 0 Å². The molecule has 0 aliphatic carbocycles. The highest BCUT2D eigenvalue weighted by molar-refractivity contribution is 5.76. The Bertz CT molecular complexity index is 395. The van der Waals surface area contributed by atoms with Crippen molar-refractivity contribution < 1.29 is 13.9 Å². The molecular formula is C14H21FN2O2. The van der Waals surface area contributed by atoms with Gasteiger partial charge in [0, 0.05) is 19.3 Å². The van der Waals surface area contributed by atoms with E-state index in [0.717, 1.165) is 5.69 Å². The van der Waals surface area contributed by atoms with E-state index in [1.807, 2.05) is 18.9 Å². The molecule has 0 saturated carbocycles. The summed E-state index contributed by atoms with van der Waals surface area (Å²) in [7, 11) is 1.86. The maximum absolute atomic E-state index is 12.9. The van der Waals surface area contributed by atoms with E-state index in [0.29, 0.717) is 19.7 Å². The van der Waals surface area contributed by atoms with Crippen molar-refractivity contribution in [2.24, 2.45) is 0 Å². The van der Waals surface area contributed by atoms with E-state index < -0.39 is 0 Å². The lowest BCUT2D eigenvalue weighted by Gasteiger charge is -2.25. The third-order valence-corrected chi connectivity index (χ3v) is 2.75. The number of nitrogens with zero attached hydrogens (tertiary/aromatic N) is 1. The van der Waals surface area contributed by atoms with Crippen molar-refractivity contribution in [3.05, 3.63) is 30.1 Å². The van der Waals surface area contributed by atoms with Gasteiger partial charge in [-0.25, -0.2) is 4.39 Å². The van der Waals surface area contributed by atoms with Crippen LogP contribution in [0.2, 0.25) is 0 Å². The number of hydrogen-bond donors (Lipinski definition) is 1. The van der Waals surface area contributed by atoms with Gasteiger partial charge in [0.15, 0.2) is 0 Å². The minimum Gasteiger partial charge on any atom is -0.465 e. The summed E-state index contributed by atoms with van der Waals surface area (Å²) in [4.78, 5) is 13.7. The quantitative estimate of drug-likeness (QED) is 0.766. The molecule has 1 aromatic rings. The van der Waals surface area contributed by atoms with Crippen LogP contribution in [0, 0.1) is 5.82 Å². The van der Waals surface area contributed by atoms with Crippen LogP contribution in [0.3, 0.4) is 0 Å². The Morgan fingerprint density at radius 2 is 2.00 bits per heavy atom. The largest absolute Gasteiger partial charge is 0.465 e. The number of likely N-dealkylation sites (N-methyl/N-ethyl adjacent to an activating group) is 2. The molecule has 1 unspecified atom stereocenters. The molecule has 0 amide bonds. The van der Waals surface area contributed by atoms with Gasteiger partial charge in [-0.15, -0.1) is 0 Å². The monoisotopic (exact) mass is 268 g/mol. The van der Waals surface area contributed by atoms with Crippen LogP contribution in [0.25, 0.3) is 0 Å². The van der Waals surface area contributed by atoms with Gasteiger partial charge < -0.3 is 15.0 Å². The van der Waals surface area contributed by atoms with Crippen LogP contribution in [0.5, 0.6) is 0 Å². The summed E-state index contributed by atoms with van der Waals surface area (Å²) in [6.45, 7) is 5.23. The predicted molar refractivity (Wildman–Crippen MR) is 73.8 cm³/mol. The Hall–Kier alpha value is -1.62. The van der Waals surface area contributed by atoms with Crippen molar-refractivity contribution >= 4 is 11.7 Å². The highest BCUT2D eigenvalue weighted by Gasteiger charge is 2.20. The summed E-state index contributed by atoms with van der Waals surface area (Å²) < 4.78 is 17.9. The first kappa shape index (κ1) is 15.4. The molecular weight excluding hydrogens is 247 g/mol. The van der Waals surface area contributed by atoms with Gasteiger partial charge in [-0.2, -0.15) is 0 Å². The zero-order chi connectivity index (χ0) is 14.3. The molecule has 0 spiro atoms. The maximum Gasteiger partial charge on any atom is 0.324 e. The summed E-state index contributed by atoms with van der Waals surface area (Å²) in [5.41, 5.74) is 0.855. The number of ether oxygens (including phenoxy) is 1. The van der Waals surface area contributed by atoms with E-state index in [4.69, 9.17) is 4.74 Å². The second-order valence-electron chi connectivity index (χ2n) is 4.22. The Labute approximate surface area is 113 Å². The van der Waals surface area contributed by atoms with Crippen molar-refractivity contribution in [1.82, 2.24) is 5.32 Å². The zero-order valence-electron chi connectivity index (χ0n) is 11.6. The molecule has 0 aromatic heterocycles. The number of carbonyl (C=O) groups excluding carboxylic acids is 1. The highest BCUT2D eigenvalue weighted by Crippen LogP contribution is 2.13. The SMILES string of the molecule is CCNC(CN(C)c1ccc(F)cc1)C(=O)OCC. The van der Waals surface area contributed by atoms with Crippen LogP contribution >= 0.6 is 0 Å². The molecule has 1 N–H and O–H groups in total. The van der Waals surface area contributed by atoms with Gasteiger partial charge >= 0.3 is 5.97 Å². The van der Waals surface area contributed by atoms with Crippen LogP contribution in [-0.4, -0.2) is 38.8 Å². The molecule has 1 rings (SSSR count). The Morgan fingerprint density at radius 1 is 1.37 bits per heavy atom. The van der Waals surface area contributed by atoms with Crippen molar-refractivity contribution in [3.8, 4) is 0 Å². The third-order valence-electron chi connectivity index (χ3n) is 2.75. The third kappa shape index (κ3) is 4.87. The fourth-order valence-corrected chi connectivity index (χ4v) is 1.79. The van der Waals surface area contributed by atoms with E-state index in [1.165, 1.54) is 12.1 Å². The fraction of sp³-hybridized carbons (Fsp3) is 0.500. The van der Waals surface area contributed by atoms with Gasteiger partial charge in [-0.05, 0) is 37.7 Å². The second-order valence-corrected chi connectivity index (χ2v) is 4.22. The molecule has 0 radical (unpaired) electrons. The first-order valence-corrected chi connectivity index (χ1v) is 6.45. The number of esters is 1. The van der Waals surface area contributed by atoms with Gasteiger partial charge in [0.1, 0.15) is 11.9 Å². The second kappa shape index (κ2) is 7.74. The molecule has 0 heterocycles. The van der Waals surface area contributed by atoms with Gasteiger partial charge in [-0.3, -0.25) is 4.79 Å². The number of halogens is 1. The normalized spacial score (nSPS) is 12.0. The van der Waals surface area contributed by atoms with E-state index in [-0.39, 0.29) is 17.8 Å². The zero-order valence-corrected chi connectivity index (χ0v) is 11.6. The van der Waals surface area contributed by atoms with Crippen molar-refractivity contribution in [3.63, 3.8) is 0 Å². The van der Waals surface area contributed by atoms with Gasteiger partial charge in [0.2, 0.25) is 0 Å². The predicted octanol–water partition coefficient (Wildman–Crippen LogP) is 1.80. The van der Waals surface area contributed by atoms with Crippen molar-refractivity contribution in [2.45, 2.75) is 19.9 Å². The van der Waals surface area contributed by atoms with Crippen molar-refractivity contribution in [1.29, 1.82) is 0 Å². The lowest BCUT2D eigenvalue weighted by molar-refractivity contribution is -0.145. The van der Waals surface area contributed by atoms with E-state index in [9.17, 15) is 9.18 Å². The standard InChI is InChI=1S/C14H21FN2O2/c1-4-16-13(14(18)19-5-2)10-17(3)12-8-6-11(15)7-9-12/h6-9,13,16H,4-5,10H2,1-3H3. The number of carbonyl (C=O) groups is 1. The number of rotatable bonds is 7. The summed E-state index contributed by atoms with van der Waals surface area (Å²) in [6, 6.07) is 5.78. The number of anilines is 1. The van der Waals surface area contributed by atoms with Crippen LogP contribution in [0.4, 0.5) is 10.1 Å². The summed E-state index contributed by atoms with van der Waals surface area (Å²) in [6.07, 6.45) is 0. The van der Waals surface area contributed by atoms with Crippen LogP contribution in [0.15, 0.2) is 24.3 Å². The molecule has 106 valence electrons. The van der Waals surface area contributed by atoms with Crippen LogP contribution in [0.1, 0.15) is 13.8 Å².